The molecule has 0 amide bonds. The Bertz CT molecular complexity index is 849. The van der Waals surface area contributed by atoms with Crippen LogP contribution >= 0.6 is 24.0 Å². The quantitative estimate of drug-likeness (QED) is 0.229. The molecule has 0 aliphatic carbocycles. The Kier molecular flexibility index (Phi) is 10.6. The molecule has 168 valence electrons. The molecule has 0 saturated carbocycles. The summed E-state index contributed by atoms with van der Waals surface area (Å²) in [5.74, 6) is 2.78. The number of nitrogens with zero attached hydrogens (tertiary/aromatic N) is 3. The van der Waals surface area contributed by atoms with Crippen LogP contribution in [0.3, 0.4) is 0 Å². The third kappa shape index (κ3) is 7.72. The topological polar surface area (TPSA) is 61.8 Å². The van der Waals surface area contributed by atoms with E-state index in [9.17, 15) is 0 Å². The number of piperidine rings is 1. The number of benzene rings is 1. The molecule has 0 radical (unpaired) electrons. The molecule has 7 heteroatoms. The number of hydrogen-bond donors (Lipinski definition) is 2. The standard InChI is InChI=1S/C24H33N5O.HI/c1-4-17-30-22-11-7-6-10-20(22)18-26-24(25-5-2)28-21-13-15-29(16-14-21)23-12-8-9-19(3)27-23;/h4,6-12,21H,1,5,13-18H2,2-3H3,(H2,25,26,28);1H. The molecule has 3 rings (SSSR count). The smallest absolute Gasteiger partial charge is 0.191 e. The van der Waals surface area contributed by atoms with Gasteiger partial charge in [0.15, 0.2) is 5.96 Å². The molecule has 31 heavy (non-hydrogen) atoms. The monoisotopic (exact) mass is 535 g/mol. The number of guanidine groups is 1. The Hall–Kier alpha value is -2.29. The molecule has 2 aromatic rings. The number of nitrogens with one attached hydrogen (secondary N) is 2. The predicted molar refractivity (Wildman–Crippen MR) is 140 cm³/mol. The van der Waals surface area contributed by atoms with Gasteiger partial charge in [-0.05, 0) is 44.9 Å². The van der Waals surface area contributed by atoms with E-state index < -0.39 is 0 Å². The Labute approximate surface area is 203 Å². The van der Waals surface area contributed by atoms with Crippen LogP contribution in [0.5, 0.6) is 5.75 Å². The normalized spacial score (nSPS) is 14.5. The number of aryl methyl sites for hydroxylation is 1. The van der Waals surface area contributed by atoms with Gasteiger partial charge in [0, 0.05) is 36.9 Å². The molecule has 1 aromatic heterocycles. The number of aromatic nitrogens is 1. The lowest BCUT2D eigenvalue weighted by atomic mass is 10.1. The van der Waals surface area contributed by atoms with Crippen LogP contribution in [0.2, 0.25) is 0 Å². The maximum Gasteiger partial charge on any atom is 0.191 e. The average molecular weight is 535 g/mol. The molecule has 2 heterocycles. The minimum atomic E-state index is 0. The lowest BCUT2D eigenvalue weighted by Crippen LogP contribution is -2.48. The summed E-state index contributed by atoms with van der Waals surface area (Å²) in [7, 11) is 0. The second kappa shape index (κ2) is 13.2. The van der Waals surface area contributed by atoms with Gasteiger partial charge in [-0.25, -0.2) is 9.98 Å². The SMILES string of the molecule is C=CCOc1ccccc1CN=C(NCC)NC1CCN(c2cccc(C)n2)CC1.I. The number of ether oxygens (including phenoxy) is 1. The van der Waals surface area contributed by atoms with Gasteiger partial charge >= 0.3 is 0 Å². The molecule has 0 bridgehead atoms. The highest BCUT2D eigenvalue weighted by atomic mass is 127. The van der Waals surface area contributed by atoms with Crippen molar-refractivity contribution in [3.05, 3.63) is 66.4 Å². The Morgan fingerprint density at radius 1 is 1.23 bits per heavy atom. The summed E-state index contributed by atoms with van der Waals surface area (Å²) >= 11 is 0. The highest BCUT2D eigenvalue weighted by molar-refractivity contribution is 14.0. The fourth-order valence-electron chi connectivity index (χ4n) is 3.56. The van der Waals surface area contributed by atoms with Gasteiger partial charge in [0.25, 0.3) is 0 Å². The number of pyridine rings is 1. The average Bonchev–Trinajstić information content (AvgIpc) is 2.77. The zero-order chi connectivity index (χ0) is 21.2. The molecular weight excluding hydrogens is 501 g/mol. The molecule has 1 aliphatic rings. The third-order valence-electron chi connectivity index (χ3n) is 5.11. The zero-order valence-electron chi connectivity index (χ0n) is 18.5. The Morgan fingerprint density at radius 2 is 2.00 bits per heavy atom. The molecule has 1 aliphatic heterocycles. The van der Waals surface area contributed by atoms with Gasteiger partial charge in [-0.2, -0.15) is 0 Å². The minimum absolute atomic E-state index is 0. The lowest BCUT2D eigenvalue weighted by Gasteiger charge is -2.34. The van der Waals surface area contributed by atoms with E-state index in [1.807, 2.05) is 31.2 Å². The van der Waals surface area contributed by atoms with Gasteiger partial charge in [-0.3, -0.25) is 0 Å². The summed E-state index contributed by atoms with van der Waals surface area (Å²) in [5, 5.41) is 6.98. The summed E-state index contributed by atoms with van der Waals surface area (Å²) < 4.78 is 5.75. The first-order valence-electron chi connectivity index (χ1n) is 10.7. The fraction of sp³-hybridized carbons (Fsp3) is 0.417. The molecule has 0 unspecified atom stereocenters. The van der Waals surface area contributed by atoms with Gasteiger partial charge in [-0.15, -0.1) is 24.0 Å². The molecule has 1 fully saturated rings. The molecule has 2 N–H and O–H groups in total. The van der Waals surface area contributed by atoms with Gasteiger partial charge in [-0.1, -0.05) is 36.9 Å². The van der Waals surface area contributed by atoms with Crippen LogP contribution in [0.4, 0.5) is 5.82 Å². The number of hydrogen-bond acceptors (Lipinski definition) is 4. The van der Waals surface area contributed by atoms with E-state index in [-0.39, 0.29) is 24.0 Å². The number of rotatable bonds is 8. The molecule has 1 saturated heterocycles. The van der Waals surface area contributed by atoms with Crippen molar-refractivity contribution in [2.45, 2.75) is 39.3 Å². The number of halogens is 1. The second-order valence-electron chi connectivity index (χ2n) is 7.45. The predicted octanol–water partition coefficient (Wildman–Crippen LogP) is 4.30. The first-order valence-corrected chi connectivity index (χ1v) is 10.7. The molecule has 1 aromatic carbocycles. The number of para-hydroxylation sites is 1. The van der Waals surface area contributed by atoms with Gasteiger partial charge in [0.05, 0.1) is 6.54 Å². The summed E-state index contributed by atoms with van der Waals surface area (Å²) in [6.45, 7) is 11.7. The van der Waals surface area contributed by atoms with Gasteiger partial charge in [0.2, 0.25) is 0 Å². The van der Waals surface area contributed by atoms with E-state index in [0.717, 1.165) is 61.3 Å². The Balaban J connectivity index is 0.00000341. The van der Waals surface area contributed by atoms with Crippen molar-refractivity contribution in [2.24, 2.45) is 4.99 Å². The van der Waals surface area contributed by atoms with Crippen molar-refractivity contribution in [3.8, 4) is 5.75 Å². The highest BCUT2D eigenvalue weighted by Gasteiger charge is 2.21. The van der Waals surface area contributed by atoms with E-state index in [1.54, 1.807) is 6.08 Å². The first-order chi connectivity index (χ1) is 14.7. The van der Waals surface area contributed by atoms with Crippen LogP contribution in [-0.4, -0.2) is 43.2 Å². The first kappa shape index (κ1) is 25.0. The summed E-state index contributed by atoms with van der Waals surface area (Å²) in [5.41, 5.74) is 2.13. The largest absolute Gasteiger partial charge is 0.489 e. The van der Waals surface area contributed by atoms with E-state index in [0.29, 0.717) is 19.2 Å². The number of anilines is 1. The molecule has 0 atom stereocenters. The van der Waals surface area contributed by atoms with E-state index in [2.05, 4.69) is 52.2 Å². The maximum absolute atomic E-state index is 5.75. The summed E-state index contributed by atoms with van der Waals surface area (Å²) in [6, 6.07) is 14.6. The Morgan fingerprint density at radius 3 is 2.71 bits per heavy atom. The van der Waals surface area contributed by atoms with E-state index in [4.69, 9.17) is 9.73 Å². The van der Waals surface area contributed by atoms with Crippen LogP contribution < -0.4 is 20.3 Å². The highest BCUT2D eigenvalue weighted by Crippen LogP contribution is 2.20. The van der Waals surface area contributed by atoms with E-state index in [1.165, 1.54) is 0 Å². The van der Waals surface area contributed by atoms with Crippen LogP contribution in [0.1, 0.15) is 31.0 Å². The van der Waals surface area contributed by atoms with E-state index >= 15 is 0 Å². The van der Waals surface area contributed by atoms with Crippen molar-refractivity contribution < 1.29 is 4.74 Å². The summed E-state index contributed by atoms with van der Waals surface area (Å²) in [4.78, 5) is 11.8. The second-order valence-corrected chi connectivity index (χ2v) is 7.45. The summed E-state index contributed by atoms with van der Waals surface area (Å²) in [6.07, 6.45) is 3.86. The van der Waals surface area contributed by atoms with Crippen molar-refractivity contribution in [2.75, 3.05) is 31.1 Å². The van der Waals surface area contributed by atoms with Crippen molar-refractivity contribution in [1.29, 1.82) is 0 Å². The van der Waals surface area contributed by atoms with Crippen molar-refractivity contribution in [1.82, 2.24) is 15.6 Å². The zero-order valence-corrected chi connectivity index (χ0v) is 20.8. The van der Waals surface area contributed by atoms with Crippen molar-refractivity contribution >= 4 is 35.8 Å². The van der Waals surface area contributed by atoms with Crippen LogP contribution in [-0.2, 0) is 6.54 Å². The molecular formula is C24H34IN5O. The fourth-order valence-corrected chi connectivity index (χ4v) is 3.56. The van der Waals surface area contributed by atoms with Crippen LogP contribution in [0, 0.1) is 6.92 Å². The van der Waals surface area contributed by atoms with Crippen LogP contribution in [0.15, 0.2) is 60.1 Å². The number of aliphatic imine (C=N–C) groups is 1. The van der Waals surface area contributed by atoms with Crippen LogP contribution in [0.25, 0.3) is 0 Å². The van der Waals surface area contributed by atoms with Gasteiger partial charge in [0.1, 0.15) is 18.2 Å². The van der Waals surface area contributed by atoms with Gasteiger partial charge < -0.3 is 20.3 Å². The minimum Gasteiger partial charge on any atom is -0.489 e. The lowest BCUT2D eigenvalue weighted by molar-refractivity contribution is 0.359. The molecule has 6 nitrogen and oxygen atoms in total. The maximum atomic E-state index is 5.75. The van der Waals surface area contributed by atoms with Crippen molar-refractivity contribution in [3.63, 3.8) is 0 Å². The third-order valence-corrected chi connectivity index (χ3v) is 5.11. The molecule has 0 spiro atoms.